The van der Waals surface area contributed by atoms with E-state index in [4.69, 9.17) is 11.6 Å². The van der Waals surface area contributed by atoms with Gasteiger partial charge < -0.3 is 5.32 Å². The number of nitrogens with one attached hydrogen (secondary N) is 2. The second-order valence-electron chi connectivity index (χ2n) is 5.88. The van der Waals surface area contributed by atoms with Gasteiger partial charge in [-0.3, -0.25) is 19.9 Å². The first kappa shape index (κ1) is 17.6. The van der Waals surface area contributed by atoms with Crippen molar-refractivity contribution in [1.82, 2.24) is 15.0 Å². The van der Waals surface area contributed by atoms with Gasteiger partial charge in [0.05, 0.1) is 21.0 Å². The number of nitro benzene ring substituents is 1. The van der Waals surface area contributed by atoms with Crippen LogP contribution in [-0.2, 0) is 0 Å². The molecule has 0 radical (unpaired) electrons. The average molecular weight is 394 g/mol. The zero-order valence-corrected chi connectivity index (χ0v) is 15.0. The Hall–Kier alpha value is -3.78. The molecule has 2 N–H and O–H groups in total. The second-order valence-corrected chi connectivity index (χ2v) is 6.29. The Balaban J connectivity index is 1.79. The van der Waals surface area contributed by atoms with Crippen molar-refractivity contribution in [3.63, 3.8) is 0 Å². The monoisotopic (exact) mass is 393 g/mol. The van der Waals surface area contributed by atoms with Crippen LogP contribution in [-0.4, -0.2) is 19.9 Å². The van der Waals surface area contributed by atoms with Gasteiger partial charge in [0.2, 0.25) is 5.95 Å². The number of hydrogen-bond donors (Lipinski definition) is 2. The molecule has 9 heteroatoms. The maximum absolute atomic E-state index is 12.7. The summed E-state index contributed by atoms with van der Waals surface area (Å²) in [6, 6.07) is 14.7. The van der Waals surface area contributed by atoms with Crippen LogP contribution in [0.5, 0.6) is 0 Å². The Morgan fingerprint density at radius 2 is 1.82 bits per heavy atom. The summed E-state index contributed by atoms with van der Waals surface area (Å²) in [5.41, 5.74) is 1.66. The number of H-pyrrole nitrogens is 1. The number of halogens is 1. The zero-order valence-electron chi connectivity index (χ0n) is 14.2. The van der Waals surface area contributed by atoms with Crippen LogP contribution >= 0.6 is 11.6 Å². The van der Waals surface area contributed by atoms with E-state index in [-0.39, 0.29) is 22.8 Å². The summed E-state index contributed by atoms with van der Waals surface area (Å²) in [6.07, 6.45) is 1.53. The van der Waals surface area contributed by atoms with Crippen LogP contribution in [0.3, 0.4) is 0 Å². The average Bonchev–Trinajstić information content (AvgIpc) is 2.69. The molecular formula is C19H12ClN5O3. The van der Waals surface area contributed by atoms with Crippen molar-refractivity contribution in [2.75, 3.05) is 5.32 Å². The van der Waals surface area contributed by atoms with Gasteiger partial charge in [-0.15, -0.1) is 0 Å². The van der Waals surface area contributed by atoms with Gasteiger partial charge >= 0.3 is 0 Å². The highest BCUT2D eigenvalue weighted by atomic mass is 35.5. The Kier molecular flexibility index (Phi) is 4.46. The van der Waals surface area contributed by atoms with E-state index in [9.17, 15) is 14.9 Å². The normalized spacial score (nSPS) is 10.8. The number of aromatic nitrogens is 3. The van der Waals surface area contributed by atoms with Gasteiger partial charge in [0.25, 0.3) is 11.2 Å². The molecule has 0 unspecified atom stereocenters. The first-order valence-corrected chi connectivity index (χ1v) is 8.56. The van der Waals surface area contributed by atoms with E-state index >= 15 is 0 Å². The lowest BCUT2D eigenvalue weighted by atomic mass is 10.0. The molecule has 0 bridgehead atoms. The Bertz CT molecular complexity index is 1250. The second kappa shape index (κ2) is 7.09. The molecule has 2 aromatic carbocycles. The van der Waals surface area contributed by atoms with Crippen LogP contribution < -0.4 is 10.9 Å². The molecule has 2 heterocycles. The maximum atomic E-state index is 12.7. The van der Waals surface area contributed by atoms with Crippen LogP contribution in [0.1, 0.15) is 0 Å². The molecule has 0 aliphatic rings. The molecule has 0 saturated heterocycles. The topological polar surface area (TPSA) is 114 Å². The number of non-ortho nitro benzene ring substituents is 1. The van der Waals surface area contributed by atoms with Gasteiger partial charge in [0.15, 0.2) is 5.65 Å². The smallest absolute Gasteiger partial charge is 0.269 e. The maximum Gasteiger partial charge on any atom is 0.269 e. The van der Waals surface area contributed by atoms with Gasteiger partial charge in [-0.05, 0) is 41.5 Å². The highest BCUT2D eigenvalue weighted by Gasteiger charge is 2.13. The zero-order chi connectivity index (χ0) is 19.7. The molecule has 4 aromatic rings. The molecule has 0 aliphatic carbocycles. The number of anilines is 2. The summed E-state index contributed by atoms with van der Waals surface area (Å²) in [5, 5.41) is 14.6. The van der Waals surface area contributed by atoms with Crippen LogP contribution in [0.25, 0.3) is 22.2 Å². The molecule has 8 nitrogen and oxygen atoms in total. The van der Waals surface area contributed by atoms with E-state index in [0.717, 1.165) is 0 Å². The minimum absolute atomic E-state index is 0.0274. The number of fused-ring (bicyclic) bond motifs is 1. The lowest BCUT2D eigenvalue weighted by molar-refractivity contribution is -0.384. The third kappa shape index (κ3) is 3.28. The van der Waals surface area contributed by atoms with Crippen molar-refractivity contribution in [2.24, 2.45) is 0 Å². The van der Waals surface area contributed by atoms with Crippen LogP contribution in [0.4, 0.5) is 17.3 Å². The van der Waals surface area contributed by atoms with E-state index < -0.39 is 4.92 Å². The predicted molar refractivity (Wildman–Crippen MR) is 107 cm³/mol. The quantitative estimate of drug-likeness (QED) is 0.395. The van der Waals surface area contributed by atoms with Crippen molar-refractivity contribution in [3.05, 3.63) is 86.3 Å². The summed E-state index contributed by atoms with van der Waals surface area (Å²) >= 11 is 6.13. The minimum Gasteiger partial charge on any atom is -0.324 e. The largest absolute Gasteiger partial charge is 0.324 e. The highest BCUT2D eigenvalue weighted by Crippen LogP contribution is 2.27. The molecule has 0 aliphatic heterocycles. The fraction of sp³-hybridized carbons (Fsp3) is 0. The lowest BCUT2D eigenvalue weighted by Gasteiger charge is -2.09. The van der Waals surface area contributed by atoms with Crippen LogP contribution in [0, 0.1) is 10.1 Å². The molecule has 0 spiro atoms. The van der Waals surface area contributed by atoms with Crippen molar-refractivity contribution < 1.29 is 4.92 Å². The first-order valence-electron chi connectivity index (χ1n) is 8.18. The molecule has 2 aromatic heterocycles. The number of benzene rings is 2. The Morgan fingerprint density at radius 3 is 2.54 bits per heavy atom. The van der Waals surface area contributed by atoms with Crippen molar-refractivity contribution in [2.45, 2.75) is 0 Å². The van der Waals surface area contributed by atoms with Crippen LogP contribution in [0.2, 0.25) is 5.02 Å². The molecule has 28 heavy (non-hydrogen) atoms. The molecule has 0 fully saturated rings. The summed E-state index contributed by atoms with van der Waals surface area (Å²) in [6.45, 7) is 0. The molecule has 0 amide bonds. The van der Waals surface area contributed by atoms with Crippen molar-refractivity contribution >= 4 is 40.0 Å². The van der Waals surface area contributed by atoms with E-state index in [1.807, 2.05) is 0 Å². The number of para-hydroxylation sites is 1. The van der Waals surface area contributed by atoms with Crippen LogP contribution in [0.15, 0.2) is 65.6 Å². The minimum atomic E-state index is -0.477. The summed E-state index contributed by atoms with van der Waals surface area (Å²) < 4.78 is 0. The number of pyridine rings is 1. The van der Waals surface area contributed by atoms with Crippen molar-refractivity contribution in [3.8, 4) is 11.1 Å². The molecule has 0 atom stereocenters. The number of rotatable bonds is 4. The van der Waals surface area contributed by atoms with Crippen molar-refractivity contribution in [1.29, 1.82) is 0 Å². The van der Waals surface area contributed by atoms with Gasteiger partial charge in [-0.2, -0.15) is 4.98 Å². The molecule has 138 valence electrons. The standard InChI is InChI=1S/C19H12ClN5O3/c20-14-3-1-2-4-15(14)22-19-23-17-16(18(26)24-19)13(9-10-21-17)11-5-7-12(8-6-11)25(27)28/h1-10H,(H2,21,22,23,24,26). The fourth-order valence-corrected chi connectivity index (χ4v) is 3.00. The Labute approximate surface area is 163 Å². The molecule has 4 rings (SSSR count). The SMILES string of the molecule is O=c1[nH]c(Nc2ccccc2Cl)nc2nccc(-c3ccc([N+](=O)[O-])cc3)c12. The van der Waals surface area contributed by atoms with Gasteiger partial charge in [0.1, 0.15) is 0 Å². The van der Waals surface area contributed by atoms with E-state index in [0.29, 0.717) is 27.2 Å². The fourth-order valence-electron chi connectivity index (χ4n) is 2.82. The van der Waals surface area contributed by atoms with Gasteiger partial charge in [-0.25, -0.2) is 4.98 Å². The lowest BCUT2D eigenvalue weighted by Crippen LogP contribution is -2.13. The van der Waals surface area contributed by atoms with Gasteiger partial charge in [-0.1, -0.05) is 23.7 Å². The summed E-state index contributed by atoms with van der Waals surface area (Å²) in [7, 11) is 0. The molecular weight excluding hydrogens is 382 g/mol. The first-order chi connectivity index (χ1) is 13.5. The van der Waals surface area contributed by atoms with E-state index in [1.165, 1.54) is 18.3 Å². The number of aromatic amines is 1. The third-order valence-corrected chi connectivity index (χ3v) is 4.45. The third-order valence-electron chi connectivity index (χ3n) is 4.12. The predicted octanol–water partition coefficient (Wildman–Crippen LogP) is 4.29. The summed E-state index contributed by atoms with van der Waals surface area (Å²) in [4.78, 5) is 34.3. The summed E-state index contributed by atoms with van der Waals surface area (Å²) in [5.74, 6) is 0.207. The number of hydrogen-bond acceptors (Lipinski definition) is 6. The molecule has 0 saturated carbocycles. The van der Waals surface area contributed by atoms with Gasteiger partial charge in [0, 0.05) is 18.3 Å². The highest BCUT2D eigenvalue weighted by molar-refractivity contribution is 6.33. The van der Waals surface area contributed by atoms with E-state index in [1.54, 1.807) is 42.5 Å². The Morgan fingerprint density at radius 1 is 1.07 bits per heavy atom. The number of nitro groups is 1. The number of nitrogens with zero attached hydrogens (tertiary/aromatic N) is 3. The van der Waals surface area contributed by atoms with E-state index in [2.05, 4.69) is 20.3 Å².